The number of hydrogen-bond acceptors (Lipinski definition) is 0. The molecule has 2 saturated heterocycles. The summed E-state index contributed by atoms with van der Waals surface area (Å²) < 4.78 is 0.783. The topological polar surface area (TPSA) is 0 Å². The van der Waals surface area contributed by atoms with Crippen molar-refractivity contribution in [1.82, 2.24) is 0 Å². The number of rotatable bonds is 3. The summed E-state index contributed by atoms with van der Waals surface area (Å²) in [5.41, 5.74) is 0.582. The van der Waals surface area contributed by atoms with E-state index in [-0.39, 0.29) is 0 Å². The first kappa shape index (κ1) is 10.9. The lowest BCUT2D eigenvalue weighted by Crippen LogP contribution is -2.49. The molecule has 14 heavy (non-hydrogen) atoms. The minimum absolute atomic E-state index is 0.582. The van der Waals surface area contributed by atoms with Crippen LogP contribution in [-0.2, 0) is 0 Å². The van der Waals surface area contributed by atoms with Crippen LogP contribution in [0.15, 0.2) is 0 Å². The summed E-state index contributed by atoms with van der Waals surface area (Å²) in [5.74, 6) is 4.88. The molecule has 2 aliphatic rings. The average molecular weight is 216 g/mol. The SMILES string of the molecule is CCC(C)(C)CC1(C)CC[SH]12(C)CC2. The zero-order chi connectivity index (χ0) is 10.7. The van der Waals surface area contributed by atoms with Crippen LogP contribution < -0.4 is 0 Å². The van der Waals surface area contributed by atoms with Crippen molar-refractivity contribution in [3.8, 4) is 0 Å². The molecule has 0 aliphatic carbocycles. The van der Waals surface area contributed by atoms with Gasteiger partial charge in [0, 0.05) is 0 Å². The fourth-order valence-corrected chi connectivity index (χ4v) is 9.79. The Kier molecular flexibility index (Phi) is 1.96. The van der Waals surface area contributed by atoms with Gasteiger partial charge in [0.25, 0.3) is 0 Å². The van der Waals surface area contributed by atoms with Crippen molar-refractivity contribution in [3.05, 3.63) is 0 Å². The average Bonchev–Trinajstić information content (AvgIpc) is 2.81. The van der Waals surface area contributed by atoms with Crippen molar-refractivity contribution in [2.45, 2.75) is 51.7 Å². The molecule has 0 radical (unpaired) electrons. The van der Waals surface area contributed by atoms with Gasteiger partial charge in [-0.05, 0) is 46.5 Å². The molecule has 86 valence electrons. The van der Waals surface area contributed by atoms with E-state index >= 15 is 0 Å². The van der Waals surface area contributed by atoms with Gasteiger partial charge >= 0.3 is 0 Å². The summed E-state index contributed by atoms with van der Waals surface area (Å²) in [4.78, 5) is 0. The second-order valence-corrected chi connectivity index (χ2v) is 14.5. The normalized spacial score (nSPS) is 41.1. The lowest BCUT2D eigenvalue weighted by Gasteiger charge is -2.68. The van der Waals surface area contributed by atoms with Gasteiger partial charge in [-0.15, -0.1) is 0 Å². The van der Waals surface area contributed by atoms with Gasteiger partial charge in [0.1, 0.15) is 0 Å². The summed E-state index contributed by atoms with van der Waals surface area (Å²) in [6, 6.07) is 0. The zero-order valence-corrected chi connectivity index (χ0v) is 11.6. The van der Waals surface area contributed by atoms with E-state index in [0.29, 0.717) is 5.41 Å². The predicted octanol–water partition coefficient (Wildman–Crippen LogP) is 3.69. The van der Waals surface area contributed by atoms with Gasteiger partial charge in [-0.3, -0.25) is 9.16 Å². The molecule has 1 heteroatoms. The Balaban J connectivity index is 2.12. The minimum Gasteiger partial charge on any atom is -0.279 e. The molecule has 2 rings (SSSR count). The molecule has 0 amide bonds. The Morgan fingerprint density at radius 3 is 2.07 bits per heavy atom. The van der Waals surface area contributed by atoms with Crippen LogP contribution in [0.25, 0.3) is 0 Å². The molecule has 0 nitrogen and oxygen atoms in total. The van der Waals surface area contributed by atoms with Gasteiger partial charge in [0.15, 0.2) is 0 Å². The van der Waals surface area contributed by atoms with Gasteiger partial charge in [0.2, 0.25) is 0 Å². The highest BCUT2D eigenvalue weighted by Crippen LogP contribution is 2.93. The Morgan fingerprint density at radius 1 is 1.21 bits per heavy atom. The predicted molar refractivity (Wildman–Crippen MR) is 71.2 cm³/mol. The van der Waals surface area contributed by atoms with Crippen LogP contribution >= 0.6 is 9.16 Å². The standard InChI is InChI=1S/C13H28S/c1-6-12(2,3)11-13(4)7-8-14(13,5)9-10-14/h14H,6-11H2,1-5H3. The number of thiol groups is 1. The molecule has 2 heterocycles. The monoisotopic (exact) mass is 216 g/mol. The molecule has 0 saturated carbocycles. The first-order valence-electron chi connectivity index (χ1n) is 6.24. The maximum Gasteiger partial charge on any atom is -0.0141 e. The van der Waals surface area contributed by atoms with E-state index in [1.54, 1.807) is 17.3 Å². The summed E-state index contributed by atoms with van der Waals surface area (Å²) in [6.45, 7) is 9.88. The van der Waals surface area contributed by atoms with Gasteiger partial charge in [-0.1, -0.05) is 34.1 Å². The van der Waals surface area contributed by atoms with Crippen molar-refractivity contribution in [1.29, 1.82) is 0 Å². The lowest BCUT2D eigenvalue weighted by molar-refractivity contribution is 0.270. The summed E-state index contributed by atoms with van der Waals surface area (Å²) in [7, 11) is -1.05. The summed E-state index contributed by atoms with van der Waals surface area (Å²) in [5, 5.41) is 0. The molecule has 0 aromatic carbocycles. The smallest absolute Gasteiger partial charge is 0.0141 e. The van der Waals surface area contributed by atoms with E-state index in [9.17, 15) is 0 Å². The van der Waals surface area contributed by atoms with Crippen LogP contribution in [0.5, 0.6) is 0 Å². The third kappa shape index (κ3) is 1.20. The van der Waals surface area contributed by atoms with Crippen LogP contribution in [0.3, 0.4) is 0 Å². The van der Waals surface area contributed by atoms with Crippen molar-refractivity contribution < 1.29 is 0 Å². The second kappa shape index (κ2) is 2.53. The third-order valence-corrected chi connectivity index (χ3v) is 13.7. The molecule has 1 unspecified atom stereocenters. The highest BCUT2D eigenvalue weighted by molar-refractivity contribution is 8.56. The van der Waals surface area contributed by atoms with Gasteiger partial charge in [0.05, 0.1) is 0 Å². The minimum atomic E-state index is -1.05. The highest BCUT2D eigenvalue weighted by Gasteiger charge is 2.67. The van der Waals surface area contributed by atoms with E-state index in [4.69, 9.17) is 0 Å². The van der Waals surface area contributed by atoms with E-state index in [2.05, 4.69) is 34.0 Å². The van der Waals surface area contributed by atoms with Crippen LogP contribution in [-0.4, -0.2) is 28.3 Å². The van der Waals surface area contributed by atoms with E-state index in [1.807, 2.05) is 0 Å². The highest BCUT2D eigenvalue weighted by atomic mass is 32.3. The second-order valence-electron chi connectivity index (χ2n) is 7.43. The van der Waals surface area contributed by atoms with Crippen LogP contribution in [0, 0.1) is 5.41 Å². The van der Waals surface area contributed by atoms with E-state index in [1.165, 1.54) is 19.3 Å². The Bertz CT molecular complexity index is 262. The molecule has 0 N–H and O–H groups in total. The Labute approximate surface area is 90.1 Å². The molecular weight excluding hydrogens is 188 g/mol. The fourth-order valence-electron chi connectivity index (χ4n) is 3.51. The van der Waals surface area contributed by atoms with Gasteiger partial charge < -0.3 is 0 Å². The van der Waals surface area contributed by atoms with E-state index in [0.717, 1.165) is 4.75 Å². The molecule has 1 spiro atoms. The van der Waals surface area contributed by atoms with Crippen LogP contribution in [0.2, 0.25) is 0 Å². The van der Waals surface area contributed by atoms with Gasteiger partial charge in [-0.2, -0.15) is 0 Å². The first-order chi connectivity index (χ1) is 6.24. The van der Waals surface area contributed by atoms with Gasteiger partial charge in [-0.25, -0.2) is 0 Å². The summed E-state index contributed by atoms with van der Waals surface area (Å²) >= 11 is 0. The molecule has 1 atom stereocenters. The van der Waals surface area contributed by atoms with Crippen LogP contribution in [0.4, 0.5) is 0 Å². The van der Waals surface area contributed by atoms with Crippen molar-refractivity contribution in [2.75, 3.05) is 23.5 Å². The molecule has 0 bridgehead atoms. The Morgan fingerprint density at radius 2 is 1.79 bits per heavy atom. The van der Waals surface area contributed by atoms with Crippen molar-refractivity contribution in [2.24, 2.45) is 5.41 Å². The largest absolute Gasteiger partial charge is 0.279 e. The van der Waals surface area contributed by atoms with Crippen LogP contribution in [0.1, 0.15) is 47.0 Å². The lowest BCUT2D eigenvalue weighted by atomic mass is 9.79. The number of hydrogen-bond donors (Lipinski definition) is 1. The first-order valence-corrected chi connectivity index (χ1v) is 9.48. The summed E-state index contributed by atoms with van der Waals surface area (Å²) in [6.07, 6.45) is 7.06. The van der Waals surface area contributed by atoms with Crippen molar-refractivity contribution in [3.63, 3.8) is 0 Å². The molecule has 2 aliphatic heterocycles. The van der Waals surface area contributed by atoms with Crippen molar-refractivity contribution >= 4 is 9.16 Å². The maximum absolute atomic E-state index is 2.70. The molecule has 0 aromatic rings. The fraction of sp³-hybridized carbons (Fsp3) is 1.00. The molecule has 2 fully saturated rings. The Hall–Kier alpha value is 0.350. The van der Waals surface area contributed by atoms with E-state index < -0.39 is 9.16 Å². The third-order valence-electron chi connectivity index (χ3n) is 6.01. The zero-order valence-electron chi connectivity index (χ0n) is 10.7. The maximum atomic E-state index is 2.70. The molecular formula is C13H28S. The quantitative estimate of drug-likeness (QED) is 0.540. The molecule has 0 aromatic heterocycles.